The number of para-hydroxylation sites is 1. The van der Waals surface area contributed by atoms with Crippen LogP contribution in [0.5, 0.6) is 5.75 Å². The van der Waals surface area contributed by atoms with E-state index in [1.54, 1.807) is 44.3 Å². The summed E-state index contributed by atoms with van der Waals surface area (Å²) in [6.45, 7) is 1.15. The summed E-state index contributed by atoms with van der Waals surface area (Å²) >= 11 is 0. The van der Waals surface area contributed by atoms with Crippen molar-refractivity contribution in [2.45, 2.75) is 120 Å². The second kappa shape index (κ2) is 33.4. The maximum absolute atomic E-state index is 14.5. The van der Waals surface area contributed by atoms with Gasteiger partial charge in [-0.1, -0.05) is 44.2 Å². The number of aliphatic hydroxyl groups is 1. The fourth-order valence-corrected chi connectivity index (χ4v) is 8.50. The quantitative estimate of drug-likeness (QED) is 0.0190. The zero-order valence-electron chi connectivity index (χ0n) is 46.1. The molecule has 456 valence electrons. The molecule has 4 aromatic rings. The molecule has 0 aliphatic heterocycles. The first-order valence-electron chi connectivity index (χ1n) is 26.6. The van der Waals surface area contributed by atoms with Gasteiger partial charge in [-0.25, -0.2) is 9.78 Å². The van der Waals surface area contributed by atoms with Gasteiger partial charge in [0.2, 0.25) is 59.1 Å². The molecule has 4 rings (SSSR count). The van der Waals surface area contributed by atoms with Gasteiger partial charge in [-0.2, -0.15) is 0 Å². The van der Waals surface area contributed by atoms with Crippen LogP contribution < -0.4 is 65.1 Å². The maximum Gasteiger partial charge on any atom is 0.326 e. The molecule has 0 spiro atoms. The van der Waals surface area contributed by atoms with Crippen molar-refractivity contribution in [2.24, 2.45) is 23.1 Å². The molecule has 0 bridgehead atoms. The van der Waals surface area contributed by atoms with E-state index in [2.05, 4.69) is 62.8 Å². The Hall–Kier alpha value is -9.49. The van der Waals surface area contributed by atoms with Crippen LogP contribution in [-0.4, -0.2) is 181 Å². The van der Waals surface area contributed by atoms with Crippen LogP contribution in [0.1, 0.15) is 69.2 Å². The molecule has 0 saturated heterocycles. The predicted octanol–water partition coefficient (Wildman–Crippen LogP) is -4.82. The Balaban J connectivity index is 1.50. The summed E-state index contributed by atoms with van der Waals surface area (Å²) in [6.07, 6.45) is 2.19. The zero-order valence-corrected chi connectivity index (χ0v) is 46.1. The molecule has 0 fully saturated rings. The molecule has 84 heavy (non-hydrogen) atoms. The summed E-state index contributed by atoms with van der Waals surface area (Å²) in [6, 6.07) is -0.349. The zero-order chi connectivity index (χ0) is 62.0. The molecule has 0 aliphatic carbocycles. The molecule has 31 heteroatoms. The van der Waals surface area contributed by atoms with Gasteiger partial charge in [0.15, 0.2) is 0 Å². The van der Waals surface area contributed by atoms with Gasteiger partial charge in [-0.05, 0) is 67.5 Å². The number of nitrogens with one attached hydrogen (secondary N) is 11. The van der Waals surface area contributed by atoms with Gasteiger partial charge in [-0.15, -0.1) is 0 Å². The molecular formula is C53H73N15O16. The summed E-state index contributed by atoms with van der Waals surface area (Å²) in [7, 11) is 0. The molecule has 8 atom stereocenters. The van der Waals surface area contributed by atoms with Crippen molar-refractivity contribution in [1.82, 2.24) is 62.8 Å². The topological polar surface area (TPSA) is 517 Å². The van der Waals surface area contributed by atoms with Crippen LogP contribution in [0.3, 0.4) is 0 Å². The van der Waals surface area contributed by atoms with Crippen molar-refractivity contribution in [2.75, 3.05) is 26.2 Å². The van der Waals surface area contributed by atoms with Crippen molar-refractivity contribution in [3.63, 3.8) is 0 Å². The largest absolute Gasteiger partial charge is 0.508 e. The minimum Gasteiger partial charge on any atom is -0.508 e. The number of unbranched alkanes of at least 4 members (excludes halogenated alkanes) is 1. The molecule has 10 amide bonds. The summed E-state index contributed by atoms with van der Waals surface area (Å²) < 4.78 is 0. The van der Waals surface area contributed by atoms with Crippen LogP contribution in [0, 0.1) is 5.92 Å². The number of H-pyrrole nitrogens is 2. The minimum absolute atomic E-state index is 0.0989. The molecule has 0 radical (unpaired) electrons. The average molecular weight is 1180 g/mol. The van der Waals surface area contributed by atoms with Crippen molar-refractivity contribution >= 4 is 81.9 Å². The van der Waals surface area contributed by atoms with E-state index in [1.807, 2.05) is 0 Å². The smallest absolute Gasteiger partial charge is 0.326 e. The van der Waals surface area contributed by atoms with E-state index >= 15 is 0 Å². The number of aromatic nitrogens is 3. The normalized spacial score (nSPS) is 13.9. The van der Waals surface area contributed by atoms with E-state index in [9.17, 15) is 78.0 Å². The van der Waals surface area contributed by atoms with E-state index in [4.69, 9.17) is 17.2 Å². The lowest BCUT2D eigenvalue weighted by atomic mass is 10.0. The monoisotopic (exact) mass is 1180 g/mol. The molecule has 21 N–H and O–H groups in total. The third-order valence-corrected chi connectivity index (χ3v) is 12.8. The first-order valence-corrected chi connectivity index (χ1v) is 26.6. The number of benzene rings is 2. The van der Waals surface area contributed by atoms with Crippen LogP contribution in [0.25, 0.3) is 10.9 Å². The average Bonchev–Trinajstić information content (AvgIpc) is 4.32. The fourth-order valence-electron chi connectivity index (χ4n) is 8.50. The Morgan fingerprint density at radius 1 is 0.595 bits per heavy atom. The Morgan fingerprint density at radius 3 is 1.75 bits per heavy atom. The summed E-state index contributed by atoms with van der Waals surface area (Å²) in [5.41, 5.74) is 18.7. The number of aromatic hydroxyl groups is 1. The number of carbonyl (C=O) groups is 12. The van der Waals surface area contributed by atoms with E-state index < -0.39 is 152 Å². The number of phenolic OH excluding ortho intramolecular Hbond substituents is 1. The molecule has 0 aliphatic rings. The number of phenols is 1. The fraction of sp³-hybridized carbons (Fsp3) is 0.453. The number of amides is 10. The second-order valence-corrected chi connectivity index (χ2v) is 19.9. The van der Waals surface area contributed by atoms with Gasteiger partial charge in [0.25, 0.3) is 0 Å². The third-order valence-electron chi connectivity index (χ3n) is 12.8. The van der Waals surface area contributed by atoms with Gasteiger partial charge in [0, 0.05) is 48.3 Å². The number of aliphatic hydroxyl groups excluding tert-OH is 1. The maximum atomic E-state index is 14.5. The first kappa shape index (κ1) is 67.0. The SMILES string of the molecule is CC(C)C[C@H](NC(=O)CNC(=O)[C@H](CC(N)=O)NC(=O)[C@H](CCCCN)NC(=O)[C@H](Cc1c[nH]c2ccccc12)NC(=O)[C@H](CO)NC(=O)[C@H](Cc1cnc[nH]1)NC(=O)CN)C(=O)N[C@@H](CC(=O)O)C(=O)N[C@@H](Cc1ccc(O)cc1)C(=O)O. The lowest BCUT2D eigenvalue weighted by molar-refractivity contribution is -0.143. The molecule has 2 heterocycles. The number of hydrogen-bond donors (Lipinski definition) is 18. The molecule has 0 unspecified atom stereocenters. The predicted molar refractivity (Wildman–Crippen MR) is 297 cm³/mol. The second-order valence-electron chi connectivity index (χ2n) is 19.9. The lowest BCUT2D eigenvalue weighted by Crippen LogP contribution is -2.60. The summed E-state index contributed by atoms with van der Waals surface area (Å²) in [4.78, 5) is 169. The highest BCUT2D eigenvalue weighted by molar-refractivity contribution is 5.99. The number of aromatic amines is 2. The van der Waals surface area contributed by atoms with Crippen molar-refractivity contribution in [3.05, 3.63) is 84.1 Å². The number of hydrogen-bond acceptors (Lipinski definition) is 17. The molecule has 2 aromatic heterocycles. The number of aliphatic carboxylic acids is 2. The first-order chi connectivity index (χ1) is 39.9. The van der Waals surface area contributed by atoms with E-state index in [0.29, 0.717) is 34.1 Å². The van der Waals surface area contributed by atoms with E-state index in [1.165, 1.54) is 36.8 Å². The number of carboxylic acids is 2. The number of nitrogens with two attached hydrogens (primary N) is 3. The highest BCUT2D eigenvalue weighted by atomic mass is 16.4. The Kier molecular flexibility index (Phi) is 26.7. The number of primary amides is 1. The van der Waals surface area contributed by atoms with Gasteiger partial charge >= 0.3 is 11.9 Å². The van der Waals surface area contributed by atoms with Crippen LogP contribution in [0.15, 0.2) is 67.3 Å². The van der Waals surface area contributed by atoms with E-state index in [-0.39, 0.29) is 56.7 Å². The highest BCUT2D eigenvalue weighted by Gasteiger charge is 2.35. The van der Waals surface area contributed by atoms with Crippen LogP contribution in [0.2, 0.25) is 0 Å². The van der Waals surface area contributed by atoms with Gasteiger partial charge in [-0.3, -0.25) is 52.7 Å². The van der Waals surface area contributed by atoms with Crippen molar-refractivity contribution < 1.29 is 78.0 Å². The van der Waals surface area contributed by atoms with Crippen LogP contribution in [-0.2, 0) is 76.8 Å². The van der Waals surface area contributed by atoms with Crippen LogP contribution in [0.4, 0.5) is 0 Å². The third kappa shape index (κ3) is 22.1. The lowest BCUT2D eigenvalue weighted by Gasteiger charge is -2.27. The Bertz CT molecular complexity index is 2940. The number of imidazole rings is 1. The number of carboxylic acid groups (broad SMARTS) is 2. The summed E-state index contributed by atoms with van der Waals surface area (Å²) in [5, 5.41) is 61.5. The molecule has 2 aromatic carbocycles. The molecular weight excluding hydrogens is 1100 g/mol. The summed E-state index contributed by atoms with van der Waals surface area (Å²) in [5.74, 6) is -13.6. The van der Waals surface area contributed by atoms with Gasteiger partial charge in [0.05, 0.1) is 38.9 Å². The number of carbonyl (C=O) groups excluding carboxylic acids is 10. The standard InChI is InChI=1S/C53H73N15O16/c1-27(2)15-35(48(78)66-39(20-45(74)75)51(81)67-40(53(83)84)16-28-10-12-31(70)13-11-28)62-44(73)24-59-46(76)38(19-42(56)71)65-47(77)34(9-5-6-14-54)63-49(79)36(17-29-22-58-33-8-4-3-7-32(29)33)64-52(82)41(25-69)68-50(80)37(61-43(72)21-55)18-30-23-57-26-60-30/h3-4,7-8,10-13,22-23,26-27,34-41,58,69-70H,5-6,9,14-21,24-25,54-55H2,1-2H3,(H2,56,71)(H,57,60)(H,59,76)(H,61,72)(H,62,73)(H,63,79)(H,64,82)(H,65,77)(H,66,78)(H,67,81)(H,68,80)(H,74,75)(H,83,84)/t34-,35-,36-,37-,38-,39-,40-,41-/m0/s1. The Morgan fingerprint density at radius 2 is 1.15 bits per heavy atom. The number of nitrogens with zero attached hydrogens (tertiary/aromatic N) is 1. The molecule has 0 saturated carbocycles. The van der Waals surface area contributed by atoms with Crippen LogP contribution >= 0.6 is 0 Å². The number of rotatable bonds is 36. The molecule has 31 nitrogen and oxygen atoms in total. The van der Waals surface area contributed by atoms with Gasteiger partial charge < -0.3 is 95.4 Å². The van der Waals surface area contributed by atoms with E-state index in [0.717, 1.165) is 0 Å². The van der Waals surface area contributed by atoms with Gasteiger partial charge in [0.1, 0.15) is 54.1 Å². The van der Waals surface area contributed by atoms with Crippen molar-refractivity contribution in [3.8, 4) is 5.75 Å². The Labute approximate surface area is 480 Å². The number of fused-ring (bicyclic) bond motifs is 1. The minimum atomic E-state index is -1.84. The highest BCUT2D eigenvalue weighted by Crippen LogP contribution is 2.20. The van der Waals surface area contributed by atoms with Crippen molar-refractivity contribution in [1.29, 1.82) is 0 Å².